The fourth-order valence-electron chi connectivity index (χ4n) is 2.22. The molecule has 2 N–H and O–H groups in total. The van der Waals surface area contributed by atoms with E-state index in [1.54, 1.807) is 0 Å². The number of halogens is 1. The minimum atomic E-state index is 0.537. The van der Waals surface area contributed by atoms with E-state index in [1.807, 2.05) is 12.1 Å². The van der Waals surface area contributed by atoms with Gasteiger partial charge in [0.05, 0.1) is 6.61 Å². The zero-order valence-corrected chi connectivity index (χ0v) is 9.99. The van der Waals surface area contributed by atoms with Crippen molar-refractivity contribution in [3.63, 3.8) is 0 Å². The van der Waals surface area contributed by atoms with Crippen molar-refractivity contribution in [1.29, 1.82) is 0 Å². The molecule has 1 saturated heterocycles. The van der Waals surface area contributed by atoms with E-state index in [1.165, 1.54) is 18.5 Å². The minimum absolute atomic E-state index is 0.537. The van der Waals surface area contributed by atoms with Crippen LogP contribution >= 0.6 is 11.6 Å². The van der Waals surface area contributed by atoms with Gasteiger partial charge in [-0.2, -0.15) is 0 Å². The molecule has 0 bridgehead atoms. The second-order valence-electron chi connectivity index (χ2n) is 4.26. The first-order chi connectivity index (χ1) is 7.79. The van der Waals surface area contributed by atoms with Crippen LogP contribution in [0.2, 0.25) is 5.02 Å². The Morgan fingerprint density at radius 3 is 2.81 bits per heavy atom. The van der Waals surface area contributed by atoms with Crippen molar-refractivity contribution in [3.8, 4) is 0 Å². The Labute approximate surface area is 101 Å². The Kier molecular flexibility index (Phi) is 4.04. The number of benzene rings is 1. The van der Waals surface area contributed by atoms with Gasteiger partial charge in [0.2, 0.25) is 0 Å². The molecule has 3 nitrogen and oxygen atoms in total. The maximum atomic E-state index is 5.87. The largest absolute Gasteiger partial charge is 0.371 e. The molecule has 0 spiro atoms. The van der Waals surface area contributed by atoms with Gasteiger partial charge in [0.25, 0.3) is 0 Å². The van der Waals surface area contributed by atoms with E-state index in [0.29, 0.717) is 12.5 Å². The molecule has 1 heterocycles. The van der Waals surface area contributed by atoms with Crippen molar-refractivity contribution in [2.45, 2.75) is 12.8 Å². The molecule has 1 aliphatic heterocycles. The van der Waals surface area contributed by atoms with Gasteiger partial charge in [0.15, 0.2) is 0 Å². The summed E-state index contributed by atoms with van der Waals surface area (Å²) in [5, 5.41) is 0.780. The number of hydrogen-bond acceptors (Lipinski definition) is 3. The molecular formula is C12H17ClN2O. The van der Waals surface area contributed by atoms with Crippen LogP contribution in [-0.4, -0.2) is 19.7 Å². The van der Waals surface area contributed by atoms with Crippen LogP contribution in [0.3, 0.4) is 0 Å². The van der Waals surface area contributed by atoms with Gasteiger partial charge in [-0.3, -0.25) is 0 Å². The molecule has 88 valence electrons. The molecule has 2 rings (SSSR count). The number of nitrogens with zero attached hydrogens (tertiary/aromatic N) is 1. The summed E-state index contributed by atoms with van der Waals surface area (Å²) >= 11 is 5.87. The summed E-state index contributed by atoms with van der Waals surface area (Å²) in [7, 11) is 0. The van der Waals surface area contributed by atoms with Crippen LogP contribution in [0.1, 0.15) is 12.8 Å². The first kappa shape index (κ1) is 11.7. The first-order valence-corrected chi connectivity index (χ1v) is 5.99. The maximum Gasteiger partial charge on any atom is 0.0724 e. The van der Waals surface area contributed by atoms with Gasteiger partial charge in [-0.1, -0.05) is 11.6 Å². The second kappa shape index (κ2) is 5.53. The van der Waals surface area contributed by atoms with Crippen LogP contribution in [0.15, 0.2) is 24.3 Å². The smallest absolute Gasteiger partial charge is 0.0724 e. The molecule has 0 radical (unpaired) electrons. The van der Waals surface area contributed by atoms with E-state index in [4.69, 9.17) is 22.3 Å². The Bertz CT molecular complexity index is 326. The van der Waals surface area contributed by atoms with E-state index < -0.39 is 0 Å². The molecule has 0 aromatic heterocycles. The summed E-state index contributed by atoms with van der Waals surface area (Å²) < 4.78 is 0. The zero-order chi connectivity index (χ0) is 11.4. The zero-order valence-electron chi connectivity index (χ0n) is 9.23. The standard InChI is InChI=1S/C12H17ClN2O/c13-11-3-5-12(6-4-11)15-7-1-2-10(8-15)9-16-14/h3-6,10H,1-2,7-9,14H2. The lowest BCUT2D eigenvalue weighted by Gasteiger charge is -2.34. The predicted molar refractivity (Wildman–Crippen MR) is 66.5 cm³/mol. The lowest BCUT2D eigenvalue weighted by atomic mass is 9.98. The summed E-state index contributed by atoms with van der Waals surface area (Å²) in [4.78, 5) is 7.10. The van der Waals surface area contributed by atoms with Gasteiger partial charge in [0, 0.05) is 29.7 Å². The fraction of sp³-hybridized carbons (Fsp3) is 0.500. The monoisotopic (exact) mass is 240 g/mol. The summed E-state index contributed by atoms with van der Waals surface area (Å²) in [6.07, 6.45) is 2.39. The highest BCUT2D eigenvalue weighted by atomic mass is 35.5. The molecule has 1 aromatic rings. The average molecular weight is 241 g/mol. The van der Waals surface area contributed by atoms with E-state index >= 15 is 0 Å². The highest BCUT2D eigenvalue weighted by Crippen LogP contribution is 2.24. The van der Waals surface area contributed by atoms with Gasteiger partial charge < -0.3 is 9.74 Å². The summed E-state index contributed by atoms with van der Waals surface area (Å²) in [6, 6.07) is 7.99. The highest BCUT2D eigenvalue weighted by molar-refractivity contribution is 6.30. The number of rotatable bonds is 3. The van der Waals surface area contributed by atoms with E-state index in [9.17, 15) is 0 Å². The van der Waals surface area contributed by atoms with E-state index in [0.717, 1.165) is 18.1 Å². The Balaban J connectivity index is 2.01. The van der Waals surface area contributed by atoms with Crippen LogP contribution in [0.4, 0.5) is 5.69 Å². The number of nitrogens with two attached hydrogens (primary N) is 1. The third-order valence-corrected chi connectivity index (χ3v) is 3.29. The predicted octanol–water partition coefficient (Wildman–Crippen LogP) is 2.45. The lowest BCUT2D eigenvalue weighted by molar-refractivity contribution is 0.0951. The molecule has 1 unspecified atom stereocenters. The van der Waals surface area contributed by atoms with Gasteiger partial charge in [-0.25, -0.2) is 5.90 Å². The molecule has 16 heavy (non-hydrogen) atoms. The normalized spacial score (nSPS) is 21.1. The van der Waals surface area contributed by atoms with Gasteiger partial charge >= 0.3 is 0 Å². The SMILES string of the molecule is NOCC1CCCN(c2ccc(Cl)cc2)C1. The van der Waals surface area contributed by atoms with Crippen molar-refractivity contribution in [2.24, 2.45) is 11.8 Å². The van der Waals surface area contributed by atoms with Crippen molar-refractivity contribution in [1.82, 2.24) is 0 Å². The average Bonchev–Trinajstić information content (AvgIpc) is 2.31. The first-order valence-electron chi connectivity index (χ1n) is 5.62. The molecule has 1 aliphatic rings. The van der Waals surface area contributed by atoms with E-state index in [2.05, 4.69) is 17.0 Å². The molecule has 0 saturated carbocycles. The number of piperidine rings is 1. The third-order valence-electron chi connectivity index (χ3n) is 3.04. The molecule has 1 aromatic carbocycles. The van der Waals surface area contributed by atoms with Crippen molar-refractivity contribution in [2.75, 3.05) is 24.6 Å². The fourth-order valence-corrected chi connectivity index (χ4v) is 2.35. The topological polar surface area (TPSA) is 38.5 Å². The lowest BCUT2D eigenvalue weighted by Crippen LogP contribution is -2.37. The maximum absolute atomic E-state index is 5.87. The Morgan fingerprint density at radius 2 is 2.12 bits per heavy atom. The summed E-state index contributed by atoms with van der Waals surface area (Å²) in [5.41, 5.74) is 1.23. The molecule has 0 amide bonds. The van der Waals surface area contributed by atoms with Crippen LogP contribution in [0.5, 0.6) is 0 Å². The van der Waals surface area contributed by atoms with E-state index in [-0.39, 0.29) is 0 Å². The second-order valence-corrected chi connectivity index (χ2v) is 4.70. The number of anilines is 1. The molecular weight excluding hydrogens is 224 g/mol. The third kappa shape index (κ3) is 2.88. The van der Waals surface area contributed by atoms with Gasteiger partial charge in [-0.15, -0.1) is 0 Å². The Hall–Kier alpha value is -0.770. The molecule has 0 aliphatic carbocycles. The minimum Gasteiger partial charge on any atom is -0.371 e. The van der Waals surface area contributed by atoms with Crippen LogP contribution in [0.25, 0.3) is 0 Å². The van der Waals surface area contributed by atoms with Crippen molar-refractivity contribution in [3.05, 3.63) is 29.3 Å². The number of hydrogen-bond donors (Lipinski definition) is 1. The van der Waals surface area contributed by atoms with Crippen molar-refractivity contribution < 1.29 is 4.84 Å². The van der Waals surface area contributed by atoms with Crippen molar-refractivity contribution >= 4 is 17.3 Å². The van der Waals surface area contributed by atoms with Gasteiger partial charge in [0.1, 0.15) is 0 Å². The quantitative estimate of drug-likeness (QED) is 0.825. The molecule has 4 heteroatoms. The molecule has 1 atom stereocenters. The van der Waals surface area contributed by atoms with Gasteiger partial charge in [-0.05, 0) is 37.1 Å². The van der Waals surface area contributed by atoms with Crippen LogP contribution in [0, 0.1) is 5.92 Å². The summed E-state index contributed by atoms with van der Waals surface area (Å²) in [5.74, 6) is 5.66. The van der Waals surface area contributed by atoms with Crippen LogP contribution < -0.4 is 10.8 Å². The highest BCUT2D eigenvalue weighted by Gasteiger charge is 2.19. The summed E-state index contributed by atoms with van der Waals surface area (Å²) in [6.45, 7) is 2.76. The Morgan fingerprint density at radius 1 is 1.38 bits per heavy atom. The molecule has 1 fully saturated rings. The van der Waals surface area contributed by atoms with Crippen LogP contribution in [-0.2, 0) is 4.84 Å².